The maximum absolute atomic E-state index is 13.6. The SMILES string of the molecule is CN=C(NCCSc1ccccc1F)NCc1cc(F)ccc1CS(C)(=O)=O. The van der Waals surface area contributed by atoms with Crippen molar-refractivity contribution in [3.8, 4) is 0 Å². The van der Waals surface area contributed by atoms with E-state index in [2.05, 4.69) is 15.6 Å². The molecule has 9 heteroatoms. The van der Waals surface area contributed by atoms with Crippen molar-refractivity contribution in [2.75, 3.05) is 25.6 Å². The number of nitrogens with one attached hydrogen (secondary N) is 2. The summed E-state index contributed by atoms with van der Waals surface area (Å²) in [5, 5.41) is 6.14. The van der Waals surface area contributed by atoms with Gasteiger partial charge in [0.1, 0.15) is 11.6 Å². The minimum atomic E-state index is -3.23. The Kier molecular flexibility index (Phi) is 8.25. The van der Waals surface area contributed by atoms with E-state index in [4.69, 9.17) is 0 Å². The lowest BCUT2D eigenvalue weighted by molar-refractivity contribution is 0.599. The molecule has 0 fully saturated rings. The predicted molar refractivity (Wildman–Crippen MR) is 110 cm³/mol. The second-order valence-electron chi connectivity index (χ2n) is 6.11. The molecule has 0 saturated heterocycles. The van der Waals surface area contributed by atoms with E-state index in [0.29, 0.717) is 34.3 Å². The second-order valence-corrected chi connectivity index (χ2v) is 9.39. The van der Waals surface area contributed by atoms with Crippen molar-refractivity contribution in [2.24, 2.45) is 4.99 Å². The van der Waals surface area contributed by atoms with Crippen LogP contribution in [0.5, 0.6) is 0 Å². The second kappa shape index (κ2) is 10.4. The van der Waals surface area contributed by atoms with Gasteiger partial charge in [-0.05, 0) is 35.4 Å². The molecule has 0 aromatic heterocycles. The molecule has 0 aliphatic carbocycles. The average molecular weight is 428 g/mol. The van der Waals surface area contributed by atoms with Gasteiger partial charge in [0.2, 0.25) is 0 Å². The summed E-state index contributed by atoms with van der Waals surface area (Å²) in [7, 11) is -1.63. The Morgan fingerprint density at radius 3 is 2.54 bits per heavy atom. The van der Waals surface area contributed by atoms with Gasteiger partial charge in [-0.15, -0.1) is 11.8 Å². The van der Waals surface area contributed by atoms with Gasteiger partial charge in [-0.3, -0.25) is 4.99 Å². The summed E-state index contributed by atoms with van der Waals surface area (Å²) in [6.45, 7) is 0.765. The van der Waals surface area contributed by atoms with Crippen LogP contribution >= 0.6 is 11.8 Å². The average Bonchev–Trinajstić information content (AvgIpc) is 2.63. The summed E-state index contributed by atoms with van der Waals surface area (Å²) in [4.78, 5) is 4.67. The van der Waals surface area contributed by atoms with Crippen molar-refractivity contribution < 1.29 is 17.2 Å². The molecule has 0 radical (unpaired) electrons. The van der Waals surface area contributed by atoms with Crippen molar-refractivity contribution in [1.29, 1.82) is 0 Å². The van der Waals surface area contributed by atoms with E-state index in [1.54, 1.807) is 25.2 Å². The zero-order chi connectivity index (χ0) is 20.6. The number of hydrogen-bond donors (Lipinski definition) is 2. The summed E-state index contributed by atoms with van der Waals surface area (Å²) in [5.74, 6) is 0.276. The van der Waals surface area contributed by atoms with Crippen LogP contribution in [-0.2, 0) is 22.1 Å². The minimum absolute atomic E-state index is 0.157. The first-order valence-corrected chi connectivity index (χ1v) is 11.6. The van der Waals surface area contributed by atoms with Gasteiger partial charge in [0.15, 0.2) is 15.8 Å². The molecule has 0 spiro atoms. The number of rotatable bonds is 8. The predicted octanol–water partition coefficient (Wildman–Crippen LogP) is 2.97. The Morgan fingerprint density at radius 1 is 1.11 bits per heavy atom. The molecular formula is C19H23F2N3O2S2. The first-order valence-electron chi connectivity index (χ1n) is 8.55. The van der Waals surface area contributed by atoms with Crippen molar-refractivity contribution in [1.82, 2.24) is 10.6 Å². The highest BCUT2D eigenvalue weighted by Gasteiger charge is 2.11. The molecule has 2 N–H and O–H groups in total. The maximum atomic E-state index is 13.6. The third-order valence-corrected chi connectivity index (χ3v) is 5.63. The van der Waals surface area contributed by atoms with Crippen molar-refractivity contribution in [2.45, 2.75) is 17.2 Å². The number of nitrogens with zero attached hydrogens (tertiary/aromatic N) is 1. The van der Waals surface area contributed by atoms with E-state index in [1.165, 1.54) is 36.0 Å². The van der Waals surface area contributed by atoms with Gasteiger partial charge in [0.25, 0.3) is 0 Å². The van der Waals surface area contributed by atoms with Crippen molar-refractivity contribution in [3.05, 3.63) is 65.2 Å². The smallest absolute Gasteiger partial charge is 0.191 e. The molecule has 0 atom stereocenters. The number of benzene rings is 2. The number of sulfone groups is 1. The van der Waals surface area contributed by atoms with E-state index in [1.807, 2.05) is 0 Å². The Balaban J connectivity index is 1.88. The monoisotopic (exact) mass is 427 g/mol. The van der Waals surface area contributed by atoms with E-state index >= 15 is 0 Å². The molecule has 2 rings (SSSR count). The third-order valence-electron chi connectivity index (χ3n) is 3.74. The molecule has 28 heavy (non-hydrogen) atoms. The Labute approximate surface area is 168 Å². The summed E-state index contributed by atoms with van der Waals surface area (Å²) in [5.41, 5.74) is 1.09. The molecule has 0 amide bonds. The van der Waals surface area contributed by atoms with Crippen LogP contribution in [0.1, 0.15) is 11.1 Å². The Morgan fingerprint density at radius 2 is 1.86 bits per heavy atom. The van der Waals surface area contributed by atoms with Gasteiger partial charge >= 0.3 is 0 Å². The summed E-state index contributed by atoms with van der Waals surface area (Å²) in [6, 6.07) is 10.6. The Bertz CT molecular complexity index is 935. The highest BCUT2D eigenvalue weighted by atomic mass is 32.2. The van der Waals surface area contributed by atoms with Crippen LogP contribution < -0.4 is 10.6 Å². The molecule has 0 saturated carbocycles. The molecule has 0 bridgehead atoms. The van der Waals surface area contributed by atoms with Crippen LogP contribution in [-0.4, -0.2) is 40.0 Å². The molecule has 0 unspecified atom stereocenters. The lowest BCUT2D eigenvalue weighted by atomic mass is 10.1. The zero-order valence-corrected chi connectivity index (χ0v) is 17.3. The normalized spacial score (nSPS) is 12.1. The van der Waals surface area contributed by atoms with Crippen molar-refractivity contribution in [3.63, 3.8) is 0 Å². The fraction of sp³-hybridized carbons (Fsp3) is 0.316. The van der Waals surface area contributed by atoms with Gasteiger partial charge in [-0.25, -0.2) is 17.2 Å². The van der Waals surface area contributed by atoms with E-state index in [9.17, 15) is 17.2 Å². The highest BCUT2D eigenvalue weighted by Crippen LogP contribution is 2.20. The van der Waals surface area contributed by atoms with E-state index in [-0.39, 0.29) is 18.1 Å². The topological polar surface area (TPSA) is 70.6 Å². The largest absolute Gasteiger partial charge is 0.356 e. The van der Waals surface area contributed by atoms with Crippen LogP contribution in [0.3, 0.4) is 0 Å². The quantitative estimate of drug-likeness (QED) is 0.293. The zero-order valence-electron chi connectivity index (χ0n) is 15.7. The highest BCUT2D eigenvalue weighted by molar-refractivity contribution is 7.99. The van der Waals surface area contributed by atoms with Crippen LogP contribution in [0, 0.1) is 11.6 Å². The van der Waals surface area contributed by atoms with Crippen LogP contribution in [0.15, 0.2) is 52.4 Å². The summed E-state index contributed by atoms with van der Waals surface area (Å²) in [6.07, 6.45) is 1.14. The van der Waals surface area contributed by atoms with Gasteiger partial charge in [-0.1, -0.05) is 18.2 Å². The van der Waals surface area contributed by atoms with Gasteiger partial charge < -0.3 is 10.6 Å². The lowest BCUT2D eigenvalue weighted by Gasteiger charge is -2.14. The molecule has 0 aliphatic rings. The first kappa shape index (κ1) is 22.2. The number of halogens is 2. The number of guanidine groups is 1. The van der Waals surface area contributed by atoms with Crippen molar-refractivity contribution >= 4 is 27.6 Å². The number of aliphatic imine (C=N–C) groups is 1. The Hall–Kier alpha value is -2.13. The van der Waals surface area contributed by atoms with Gasteiger partial charge in [-0.2, -0.15) is 0 Å². The molecule has 152 valence electrons. The van der Waals surface area contributed by atoms with Crippen LogP contribution in [0.4, 0.5) is 8.78 Å². The van der Waals surface area contributed by atoms with Gasteiger partial charge in [0, 0.05) is 37.0 Å². The van der Waals surface area contributed by atoms with Crippen LogP contribution in [0.2, 0.25) is 0 Å². The fourth-order valence-corrected chi connectivity index (χ4v) is 4.13. The van der Waals surface area contributed by atoms with E-state index in [0.717, 1.165) is 6.26 Å². The molecule has 0 heterocycles. The summed E-state index contributed by atoms with van der Waals surface area (Å²) < 4.78 is 50.3. The molecular weight excluding hydrogens is 404 g/mol. The van der Waals surface area contributed by atoms with Gasteiger partial charge in [0.05, 0.1) is 5.75 Å². The molecule has 2 aromatic carbocycles. The third kappa shape index (κ3) is 7.47. The summed E-state index contributed by atoms with van der Waals surface area (Å²) >= 11 is 1.39. The number of thioether (sulfide) groups is 1. The molecule has 5 nitrogen and oxygen atoms in total. The fourth-order valence-electron chi connectivity index (χ4n) is 2.47. The minimum Gasteiger partial charge on any atom is -0.356 e. The molecule has 0 aliphatic heterocycles. The maximum Gasteiger partial charge on any atom is 0.191 e. The van der Waals surface area contributed by atoms with Crippen LogP contribution in [0.25, 0.3) is 0 Å². The standard InChI is InChI=1S/C19H23F2N3O2S2/c1-22-19(23-9-10-27-18-6-4-3-5-17(18)21)24-12-15-11-16(20)8-7-14(15)13-28(2,25)26/h3-8,11H,9-10,12-13H2,1-2H3,(H2,22,23,24). The number of hydrogen-bond acceptors (Lipinski definition) is 4. The lowest BCUT2D eigenvalue weighted by Crippen LogP contribution is -2.38. The van der Waals surface area contributed by atoms with E-state index < -0.39 is 15.7 Å². The molecule has 2 aromatic rings. The first-order chi connectivity index (χ1) is 13.3.